The van der Waals surface area contributed by atoms with E-state index in [-0.39, 0.29) is 6.03 Å². The van der Waals surface area contributed by atoms with Crippen LogP contribution in [-0.2, 0) is 9.47 Å². The molecule has 2 aliphatic heterocycles. The Hall–Kier alpha value is -3.73. The number of ether oxygens (including phenoxy) is 2. The molecule has 0 spiro atoms. The Morgan fingerprint density at radius 1 is 0.838 bits per heavy atom. The molecule has 5 rings (SSSR count). The van der Waals surface area contributed by atoms with Crippen molar-refractivity contribution in [1.82, 2.24) is 20.2 Å². The second kappa shape index (κ2) is 12.5. The molecule has 3 heterocycles. The summed E-state index contributed by atoms with van der Waals surface area (Å²) in [6.07, 6.45) is 1.74. The Morgan fingerprint density at radius 3 is 2.24 bits per heavy atom. The van der Waals surface area contributed by atoms with Crippen LogP contribution in [0.2, 0.25) is 0 Å². The van der Waals surface area contributed by atoms with Crippen LogP contribution in [0.4, 0.5) is 27.8 Å². The SMILES string of the molecule is O=C(NCCN1CCOCC1)Nc1ccc(-c2ccnc(Nc3ccc(N4CCOCC4)cc3)n2)cc1. The Labute approximate surface area is 217 Å². The van der Waals surface area contributed by atoms with Gasteiger partial charge in [0.05, 0.1) is 32.1 Å². The Kier molecular flexibility index (Phi) is 8.42. The molecular weight excluding hydrogens is 470 g/mol. The van der Waals surface area contributed by atoms with Crippen molar-refractivity contribution in [3.63, 3.8) is 0 Å². The van der Waals surface area contributed by atoms with Crippen LogP contribution in [0.15, 0.2) is 60.8 Å². The first-order valence-corrected chi connectivity index (χ1v) is 12.7. The number of urea groups is 1. The highest BCUT2D eigenvalue weighted by Crippen LogP contribution is 2.23. The van der Waals surface area contributed by atoms with Crippen molar-refractivity contribution in [2.45, 2.75) is 0 Å². The predicted molar refractivity (Wildman–Crippen MR) is 145 cm³/mol. The number of carbonyl (C=O) groups is 1. The molecule has 0 radical (unpaired) electrons. The molecule has 0 bridgehead atoms. The highest BCUT2D eigenvalue weighted by atomic mass is 16.5. The molecule has 2 aliphatic rings. The van der Waals surface area contributed by atoms with Gasteiger partial charge in [0.25, 0.3) is 0 Å². The number of aromatic nitrogens is 2. The maximum absolute atomic E-state index is 12.2. The van der Waals surface area contributed by atoms with Crippen LogP contribution < -0.4 is 20.9 Å². The van der Waals surface area contributed by atoms with E-state index in [1.165, 1.54) is 5.69 Å². The second-order valence-corrected chi connectivity index (χ2v) is 8.95. The van der Waals surface area contributed by atoms with Crippen LogP contribution >= 0.6 is 0 Å². The van der Waals surface area contributed by atoms with Gasteiger partial charge in [-0.1, -0.05) is 12.1 Å². The zero-order chi connectivity index (χ0) is 25.3. The summed E-state index contributed by atoms with van der Waals surface area (Å²) in [5.74, 6) is 0.526. The molecule has 3 N–H and O–H groups in total. The summed E-state index contributed by atoms with van der Waals surface area (Å²) in [4.78, 5) is 25.9. The number of amides is 2. The van der Waals surface area contributed by atoms with Gasteiger partial charge in [-0.05, 0) is 42.5 Å². The topological polar surface area (TPSA) is 104 Å². The van der Waals surface area contributed by atoms with Gasteiger partial charge in [0, 0.05) is 68.1 Å². The summed E-state index contributed by atoms with van der Waals surface area (Å²) in [7, 11) is 0. The molecule has 2 aromatic carbocycles. The molecule has 37 heavy (non-hydrogen) atoms. The summed E-state index contributed by atoms with van der Waals surface area (Å²) >= 11 is 0. The molecule has 2 amide bonds. The van der Waals surface area contributed by atoms with E-state index in [4.69, 9.17) is 9.47 Å². The van der Waals surface area contributed by atoms with Gasteiger partial charge >= 0.3 is 6.03 Å². The Bertz CT molecular complexity index is 1150. The van der Waals surface area contributed by atoms with E-state index < -0.39 is 0 Å². The molecule has 1 aromatic heterocycles. The monoisotopic (exact) mass is 503 g/mol. The molecule has 10 nitrogen and oxygen atoms in total. The van der Waals surface area contributed by atoms with Crippen molar-refractivity contribution in [3.8, 4) is 11.3 Å². The number of benzene rings is 2. The van der Waals surface area contributed by atoms with E-state index in [0.29, 0.717) is 12.5 Å². The van der Waals surface area contributed by atoms with Crippen molar-refractivity contribution in [3.05, 3.63) is 60.8 Å². The molecule has 0 atom stereocenters. The minimum atomic E-state index is -0.214. The van der Waals surface area contributed by atoms with Crippen LogP contribution in [0.3, 0.4) is 0 Å². The van der Waals surface area contributed by atoms with Gasteiger partial charge in [-0.25, -0.2) is 14.8 Å². The van der Waals surface area contributed by atoms with Crippen molar-refractivity contribution >= 4 is 29.0 Å². The summed E-state index contributed by atoms with van der Waals surface area (Å²) in [5.41, 5.74) is 4.56. The summed E-state index contributed by atoms with van der Waals surface area (Å²) < 4.78 is 10.8. The van der Waals surface area contributed by atoms with Gasteiger partial charge < -0.3 is 30.3 Å². The average molecular weight is 504 g/mol. The first-order valence-electron chi connectivity index (χ1n) is 12.7. The number of hydrogen-bond acceptors (Lipinski definition) is 8. The molecule has 3 aromatic rings. The normalized spacial score (nSPS) is 16.3. The summed E-state index contributed by atoms with van der Waals surface area (Å²) in [5, 5.41) is 9.07. The molecule has 0 saturated carbocycles. The lowest BCUT2D eigenvalue weighted by molar-refractivity contribution is 0.0388. The van der Waals surface area contributed by atoms with Gasteiger partial charge in [0.2, 0.25) is 5.95 Å². The van der Waals surface area contributed by atoms with E-state index in [1.807, 2.05) is 42.5 Å². The summed E-state index contributed by atoms with van der Waals surface area (Å²) in [6.45, 7) is 8.08. The molecule has 2 saturated heterocycles. The van der Waals surface area contributed by atoms with Gasteiger partial charge in [-0.3, -0.25) is 4.90 Å². The van der Waals surface area contributed by atoms with E-state index >= 15 is 0 Å². The fourth-order valence-electron chi connectivity index (χ4n) is 4.34. The minimum Gasteiger partial charge on any atom is -0.379 e. The average Bonchev–Trinajstić information content (AvgIpc) is 2.95. The lowest BCUT2D eigenvalue weighted by Crippen LogP contribution is -2.42. The largest absolute Gasteiger partial charge is 0.379 e. The zero-order valence-electron chi connectivity index (χ0n) is 20.9. The number of hydrogen-bond donors (Lipinski definition) is 3. The van der Waals surface area contributed by atoms with Crippen LogP contribution in [0.25, 0.3) is 11.3 Å². The lowest BCUT2D eigenvalue weighted by Gasteiger charge is -2.28. The van der Waals surface area contributed by atoms with E-state index in [9.17, 15) is 4.79 Å². The van der Waals surface area contributed by atoms with Gasteiger partial charge in [0.15, 0.2) is 0 Å². The fourth-order valence-corrected chi connectivity index (χ4v) is 4.34. The molecular formula is C27H33N7O3. The van der Waals surface area contributed by atoms with Crippen LogP contribution in [-0.4, -0.2) is 86.6 Å². The number of anilines is 4. The minimum absolute atomic E-state index is 0.214. The summed E-state index contributed by atoms with van der Waals surface area (Å²) in [6, 6.07) is 17.5. The first kappa shape index (κ1) is 24.9. The molecule has 0 unspecified atom stereocenters. The van der Waals surface area contributed by atoms with E-state index in [1.54, 1.807) is 6.20 Å². The Morgan fingerprint density at radius 2 is 1.51 bits per heavy atom. The maximum Gasteiger partial charge on any atom is 0.319 e. The highest BCUT2D eigenvalue weighted by Gasteiger charge is 2.12. The van der Waals surface area contributed by atoms with E-state index in [0.717, 1.165) is 81.8 Å². The van der Waals surface area contributed by atoms with Gasteiger partial charge in [-0.2, -0.15) is 0 Å². The molecule has 10 heteroatoms. The highest BCUT2D eigenvalue weighted by molar-refractivity contribution is 5.89. The third-order valence-electron chi connectivity index (χ3n) is 6.41. The van der Waals surface area contributed by atoms with E-state index in [2.05, 4.69) is 47.9 Å². The number of rotatable bonds is 8. The fraction of sp³-hybridized carbons (Fsp3) is 0.370. The van der Waals surface area contributed by atoms with Crippen LogP contribution in [0.5, 0.6) is 0 Å². The van der Waals surface area contributed by atoms with Crippen molar-refractivity contribution in [2.75, 3.05) is 81.2 Å². The number of morpholine rings is 2. The smallest absolute Gasteiger partial charge is 0.319 e. The van der Waals surface area contributed by atoms with Gasteiger partial charge in [0.1, 0.15) is 0 Å². The van der Waals surface area contributed by atoms with Crippen LogP contribution in [0, 0.1) is 0 Å². The zero-order valence-corrected chi connectivity index (χ0v) is 20.9. The predicted octanol–water partition coefficient (Wildman–Crippen LogP) is 3.18. The van der Waals surface area contributed by atoms with Crippen molar-refractivity contribution in [2.24, 2.45) is 0 Å². The maximum atomic E-state index is 12.2. The lowest BCUT2D eigenvalue weighted by atomic mass is 10.1. The molecule has 2 fully saturated rings. The first-order chi connectivity index (χ1) is 18.2. The molecule has 194 valence electrons. The molecule has 0 aliphatic carbocycles. The Balaban J connectivity index is 1.13. The third kappa shape index (κ3) is 7.16. The quantitative estimate of drug-likeness (QED) is 0.431. The van der Waals surface area contributed by atoms with Crippen LogP contribution in [0.1, 0.15) is 0 Å². The third-order valence-corrected chi connectivity index (χ3v) is 6.41. The van der Waals surface area contributed by atoms with Crippen molar-refractivity contribution in [1.29, 1.82) is 0 Å². The second-order valence-electron chi connectivity index (χ2n) is 8.95. The van der Waals surface area contributed by atoms with Gasteiger partial charge in [-0.15, -0.1) is 0 Å². The van der Waals surface area contributed by atoms with Crippen molar-refractivity contribution < 1.29 is 14.3 Å². The number of nitrogens with zero attached hydrogens (tertiary/aromatic N) is 4. The number of nitrogens with one attached hydrogen (secondary N) is 3. The standard InChI is InChI=1S/C27H33N7O3/c35-27(29-11-12-33-13-17-36-18-14-33)31-23-3-1-21(2-4-23)25-9-10-28-26(32-25)30-22-5-7-24(8-6-22)34-15-19-37-20-16-34/h1-10H,11-20H2,(H,28,30,32)(H2,29,31,35). The number of carbonyl (C=O) groups excluding carboxylic acids is 1.